The summed E-state index contributed by atoms with van der Waals surface area (Å²) < 4.78 is 2.37. The van der Waals surface area contributed by atoms with Gasteiger partial charge in [-0.3, -0.25) is 4.79 Å². The van der Waals surface area contributed by atoms with Crippen molar-refractivity contribution in [3.8, 4) is 0 Å². The zero-order chi connectivity index (χ0) is 14.4. The lowest BCUT2D eigenvalue weighted by molar-refractivity contribution is 0.0942. The molecule has 0 saturated heterocycles. The zero-order valence-corrected chi connectivity index (χ0v) is 14.2. The van der Waals surface area contributed by atoms with Crippen molar-refractivity contribution in [2.75, 3.05) is 0 Å². The first-order chi connectivity index (χ1) is 10.2. The largest absolute Gasteiger partial charge is 0.343 e. The highest BCUT2D eigenvalue weighted by atomic mass is 79.9. The Morgan fingerprint density at radius 2 is 2.10 bits per heavy atom. The van der Waals surface area contributed by atoms with E-state index in [-0.39, 0.29) is 16.8 Å². The van der Waals surface area contributed by atoms with Crippen LogP contribution in [0, 0.1) is 0 Å². The molecular formula is C16H12BrNOS2. The van der Waals surface area contributed by atoms with Gasteiger partial charge >= 0.3 is 0 Å². The predicted molar refractivity (Wildman–Crippen MR) is 92.8 cm³/mol. The molecule has 0 fully saturated rings. The molecule has 4 rings (SSSR count). The molecule has 21 heavy (non-hydrogen) atoms. The van der Waals surface area contributed by atoms with Crippen molar-refractivity contribution in [2.24, 2.45) is 0 Å². The first kappa shape index (κ1) is 13.5. The fourth-order valence-electron chi connectivity index (χ4n) is 2.80. The Bertz CT molecular complexity index is 794. The number of nitrogens with one attached hydrogen (secondary N) is 1. The van der Waals surface area contributed by atoms with Gasteiger partial charge in [0.05, 0.1) is 10.9 Å². The molecule has 0 saturated carbocycles. The average molecular weight is 378 g/mol. The van der Waals surface area contributed by atoms with E-state index in [4.69, 9.17) is 0 Å². The summed E-state index contributed by atoms with van der Waals surface area (Å²) in [4.78, 5) is 13.6. The molecule has 2 aromatic heterocycles. The minimum atomic E-state index is 0.0227. The van der Waals surface area contributed by atoms with Crippen molar-refractivity contribution >= 4 is 53.9 Å². The third-order valence-corrected chi connectivity index (χ3v) is 6.76. The van der Waals surface area contributed by atoms with Gasteiger partial charge in [0, 0.05) is 14.2 Å². The van der Waals surface area contributed by atoms with E-state index in [1.807, 2.05) is 12.1 Å². The Kier molecular flexibility index (Phi) is 3.36. The molecule has 106 valence electrons. The number of thiophene rings is 2. The highest BCUT2D eigenvalue weighted by Crippen LogP contribution is 2.36. The van der Waals surface area contributed by atoms with Gasteiger partial charge in [-0.15, -0.1) is 22.7 Å². The highest BCUT2D eigenvalue weighted by molar-refractivity contribution is 9.09. The van der Waals surface area contributed by atoms with E-state index < -0.39 is 0 Å². The second-order valence-electron chi connectivity index (χ2n) is 5.13. The molecule has 1 aromatic carbocycles. The van der Waals surface area contributed by atoms with Crippen LogP contribution < -0.4 is 5.32 Å². The number of hydrogen-bond donors (Lipinski definition) is 1. The monoisotopic (exact) mass is 377 g/mol. The summed E-state index contributed by atoms with van der Waals surface area (Å²) in [6, 6.07) is 12.4. The first-order valence-electron chi connectivity index (χ1n) is 6.72. The number of rotatable bonds is 2. The summed E-state index contributed by atoms with van der Waals surface area (Å²) in [5.74, 6) is 0.0227. The van der Waals surface area contributed by atoms with E-state index in [0.717, 1.165) is 11.3 Å². The SMILES string of the molecule is O=C(NC1c2ccccc2CC1Br)c1cc2sccc2s1. The fraction of sp³-hybridized carbons (Fsp3) is 0.188. The van der Waals surface area contributed by atoms with Crippen LogP contribution in [0.25, 0.3) is 9.40 Å². The van der Waals surface area contributed by atoms with E-state index in [0.29, 0.717) is 0 Å². The molecule has 0 spiro atoms. The van der Waals surface area contributed by atoms with Gasteiger partial charge in [-0.25, -0.2) is 0 Å². The number of halogens is 1. The normalized spacial score (nSPS) is 20.6. The summed E-state index contributed by atoms with van der Waals surface area (Å²) in [5.41, 5.74) is 2.54. The van der Waals surface area contributed by atoms with Crippen LogP contribution in [-0.4, -0.2) is 10.7 Å². The second-order valence-corrected chi connectivity index (χ2v) is 8.34. The molecule has 0 radical (unpaired) electrons. The number of alkyl halides is 1. The van der Waals surface area contributed by atoms with Crippen molar-refractivity contribution in [3.63, 3.8) is 0 Å². The number of amides is 1. The topological polar surface area (TPSA) is 29.1 Å². The number of carbonyl (C=O) groups excluding carboxylic acids is 1. The maximum Gasteiger partial charge on any atom is 0.261 e. The van der Waals surface area contributed by atoms with E-state index >= 15 is 0 Å². The number of benzene rings is 1. The van der Waals surface area contributed by atoms with Crippen LogP contribution in [0.2, 0.25) is 0 Å². The van der Waals surface area contributed by atoms with Gasteiger partial charge in [0.2, 0.25) is 0 Å². The second kappa shape index (κ2) is 5.23. The summed E-state index contributed by atoms with van der Waals surface area (Å²) in [6.07, 6.45) is 0.959. The fourth-order valence-corrected chi connectivity index (χ4v) is 5.58. The first-order valence-corrected chi connectivity index (χ1v) is 9.33. The summed E-state index contributed by atoms with van der Waals surface area (Å²) in [5, 5.41) is 5.24. The molecule has 5 heteroatoms. The van der Waals surface area contributed by atoms with Gasteiger partial charge in [0.25, 0.3) is 5.91 Å². The van der Waals surface area contributed by atoms with Crippen LogP contribution in [0.3, 0.4) is 0 Å². The van der Waals surface area contributed by atoms with E-state index in [1.54, 1.807) is 22.7 Å². The molecule has 2 unspecified atom stereocenters. The van der Waals surface area contributed by atoms with Crippen molar-refractivity contribution in [2.45, 2.75) is 17.3 Å². The molecule has 2 nitrogen and oxygen atoms in total. The van der Waals surface area contributed by atoms with E-state index in [9.17, 15) is 4.79 Å². The lowest BCUT2D eigenvalue weighted by Crippen LogP contribution is -2.31. The van der Waals surface area contributed by atoms with Gasteiger partial charge in [0.1, 0.15) is 0 Å². The smallest absolute Gasteiger partial charge is 0.261 e. The molecule has 0 aliphatic heterocycles. The Morgan fingerprint density at radius 3 is 2.95 bits per heavy atom. The standard InChI is InChI=1S/C16H12BrNOS2/c17-11-7-9-3-1-2-4-10(9)15(11)18-16(19)14-8-13-12(21-14)5-6-20-13/h1-6,8,11,15H,7H2,(H,18,19). The molecule has 2 atom stereocenters. The van der Waals surface area contributed by atoms with Crippen LogP contribution in [0.15, 0.2) is 41.8 Å². The molecule has 1 aliphatic carbocycles. The van der Waals surface area contributed by atoms with Gasteiger partial charge in [-0.1, -0.05) is 40.2 Å². The Morgan fingerprint density at radius 1 is 1.24 bits per heavy atom. The van der Waals surface area contributed by atoms with Crippen LogP contribution in [0.4, 0.5) is 0 Å². The molecular weight excluding hydrogens is 366 g/mol. The van der Waals surface area contributed by atoms with Gasteiger partial charge in [-0.2, -0.15) is 0 Å². The molecule has 2 heterocycles. The number of fused-ring (bicyclic) bond motifs is 2. The van der Waals surface area contributed by atoms with E-state index in [2.05, 4.69) is 50.9 Å². The van der Waals surface area contributed by atoms with Crippen LogP contribution in [0.1, 0.15) is 26.8 Å². The van der Waals surface area contributed by atoms with Crippen molar-refractivity contribution in [1.82, 2.24) is 5.32 Å². The van der Waals surface area contributed by atoms with Gasteiger partial charge in [0.15, 0.2) is 0 Å². The van der Waals surface area contributed by atoms with Crippen molar-refractivity contribution < 1.29 is 4.79 Å². The van der Waals surface area contributed by atoms with Crippen molar-refractivity contribution in [3.05, 3.63) is 57.8 Å². The minimum absolute atomic E-state index is 0.0227. The Labute approximate surface area is 138 Å². The quantitative estimate of drug-likeness (QED) is 0.641. The average Bonchev–Trinajstić information content (AvgIpc) is 3.12. The van der Waals surface area contributed by atoms with Crippen LogP contribution in [0.5, 0.6) is 0 Å². The Hall–Kier alpha value is -1.17. The zero-order valence-electron chi connectivity index (χ0n) is 11.0. The number of hydrogen-bond acceptors (Lipinski definition) is 3. The molecule has 1 amide bonds. The number of carbonyl (C=O) groups is 1. The Balaban J connectivity index is 1.61. The predicted octanol–water partition coefficient (Wildman–Crippen LogP) is 4.75. The van der Waals surface area contributed by atoms with E-state index in [1.165, 1.54) is 20.5 Å². The maximum absolute atomic E-state index is 12.5. The minimum Gasteiger partial charge on any atom is -0.343 e. The third-order valence-electron chi connectivity index (χ3n) is 3.82. The summed E-state index contributed by atoms with van der Waals surface area (Å²) in [7, 11) is 0. The highest BCUT2D eigenvalue weighted by Gasteiger charge is 2.31. The third kappa shape index (κ3) is 2.33. The summed E-state index contributed by atoms with van der Waals surface area (Å²) in [6.45, 7) is 0. The van der Waals surface area contributed by atoms with Crippen LogP contribution in [-0.2, 0) is 6.42 Å². The molecule has 3 aromatic rings. The molecule has 1 aliphatic rings. The van der Waals surface area contributed by atoms with Gasteiger partial charge < -0.3 is 5.32 Å². The van der Waals surface area contributed by atoms with Gasteiger partial charge in [-0.05, 0) is 35.1 Å². The lowest BCUT2D eigenvalue weighted by Gasteiger charge is -2.17. The lowest BCUT2D eigenvalue weighted by atomic mass is 10.1. The van der Waals surface area contributed by atoms with Crippen LogP contribution >= 0.6 is 38.6 Å². The summed E-state index contributed by atoms with van der Waals surface area (Å²) >= 11 is 6.94. The molecule has 1 N–H and O–H groups in total. The van der Waals surface area contributed by atoms with Crippen molar-refractivity contribution in [1.29, 1.82) is 0 Å². The maximum atomic E-state index is 12.5. The molecule has 0 bridgehead atoms.